The second kappa shape index (κ2) is 11.3. The zero-order chi connectivity index (χ0) is 20.4. The molecular weight excluding hydrogens is 385 g/mol. The Labute approximate surface area is 159 Å². The van der Waals surface area contributed by atoms with Gasteiger partial charge >= 0.3 is 13.1 Å². The Kier molecular flexibility index (Phi) is 9.41. The van der Waals surface area contributed by atoms with Crippen LogP contribution in [0.15, 0.2) is 18.2 Å². The molecule has 0 aliphatic heterocycles. The molecule has 1 unspecified atom stereocenters. The highest BCUT2D eigenvalue weighted by Crippen LogP contribution is 2.14. The number of carboxylic acid groups (broad SMARTS) is 1. The number of aliphatic carboxylic acids is 1. The fourth-order valence-corrected chi connectivity index (χ4v) is 2.04. The highest BCUT2D eigenvalue weighted by molar-refractivity contribution is 6.45. The van der Waals surface area contributed by atoms with Crippen LogP contribution in [-0.4, -0.2) is 62.5 Å². The number of rotatable bonds is 11. The molecule has 0 fully saturated rings. The molecule has 0 heterocycles. The van der Waals surface area contributed by atoms with Crippen LogP contribution in [0.1, 0.15) is 16.8 Å². The van der Waals surface area contributed by atoms with Gasteiger partial charge in [0.05, 0.1) is 25.0 Å². The number of carboxylic acids is 1. The molecule has 1 aromatic carbocycles. The Hall–Kier alpha value is -2.50. The highest BCUT2D eigenvalue weighted by atomic mass is 35.5. The van der Waals surface area contributed by atoms with E-state index in [2.05, 4.69) is 10.6 Å². The van der Waals surface area contributed by atoms with E-state index in [-0.39, 0.29) is 17.0 Å². The zero-order valence-electron chi connectivity index (χ0n) is 14.2. The topological polar surface area (TPSA) is 131 Å². The number of hydrogen-bond acceptors (Lipinski definition) is 6. The number of carbonyl (C=O) groups is 4. The van der Waals surface area contributed by atoms with E-state index in [1.54, 1.807) is 0 Å². The lowest BCUT2D eigenvalue weighted by atomic mass is 9.89. The van der Waals surface area contributed by atoms with Crippen LogP contribution < -0.4 is 10.6 Å². The molecule has 0 aliphatic rings. The molecule has 0 bridgehead atoms. The van der Waals surface area contributed by atoms with Crippen molar-refractivity contribution in [2.24, 2.45) is 0 Å². The van der Waals surface area contributed by atoms with Crippen molar-refractivity contribution < 1.29 is 38.0 Å². The molecule has 0 aromatic heterocycles. The number of benzene rings is 1. The number of aldehydes is 1. The Morgan fingerprint density at radius 1 is 1.37 bits per heavy atom. The normalized spacial score (nSPS) is 11.4. The summed E-state index contributed by atoms with van der Waals surface area (Å²) in [6.45, 7) is -0.465. The maximum absolute atomic E-state index is 13.6. The van der Waals surface area contributed by atoms with Gasteiger partial charge in [-0.15, -0.1) is 0 Å². The minimum atomic E-state index is -1.24. The van der Waals surface area contributed by atoms with E-state index >= 15 is 0 Å². The second-order valence-electron chi connectivity index (χ2n) is 5.18. The predicted octanol–water partition coefficient (Wildman–Crippen LogP) is 0.0577. The van der Waals surface area contributed by atoms with Gasteiger partial charge in [0.25, 0.3) is 5.91 Å². The third kappa shape index (κ3) is 8.16. The van der Waals surface area contributed by atoms with Gasteiger partial charge < -0.3 is 29.8 Å². The van der Waals surface area contributed by atoms with Gasteiger partial charge in [0, 0.05) is 12.1 Å². The molecule has 3 N–H and O–H groups in total. The van der Waals surface area contributed by atoms with Gasteiger partial charge in [0.1, 0.15) is 18.2 Å². The maximum atomic E-state index is 13.6. The van der Waals surface area contributed by atoms with Gasteiger partial charge in [0.15, 0.2) is 0 Å². The summed E-state index contributed by atoms with van der Waals surface area (Å²) in [4.78, 5) is 45.0. The first-order chi connectivity index (χ1) is 12.8. The van der Waals surface area contributed by atoms with Crippen molar-refractivity contribution in [2.75, 3.05) is 20.1 Å². The van der Waals surface area contributed by atoms with E-state index in [1.165, 1.54) is 13.2 Å². The van der Waals surface area contributed by atoms with Crippen LogP contribution in [0.25, 0.3) is 0 Å². The molecular formula is C15H17BClFN2O7. The smallest absolute Gasteiger partial charge is 0.477 e. The molecule has 12 heteroatoms. The number of halogens is 2. The van der Waals surface area contributed by atoms with Gasteiger partial charge in [0.2, 0.25) is 5.91 Å². The highest BCUT2D eigenvalue weighted by Gasteiger charge is 2.24. The molecule has 0 spiro atoms. The summed E-state index contributed by atoms with van der Waals surface area (Å²) in [5.74, 6) is -3.49. The second-order valence-corrected chi connectivity index (χ2v) is 5.62. The summed E-state index contributed by atoms with van der Waals surface area (Å²) < 4.78 is 23.6. The molecule has 1 aromatic rings. The van der Waals surface area contributed by atoms with E-state index in [0.717, 1.165) is 12.1 Å². The molecule has 0 saturated carbocycles. The maximum Gasteiger partial charge on any atom is 0.477 e. The van der Waals surface area contributed by atoms with Crippen molar-refractivity contribution in [3.05, 3.63) is 34.6 Å². The van der Waals surface area contributed by atoms with E-state index in [4.69, 9.17) is 26.0 Å². The average Bonchev–Trinajstić information content (AvgIpc) is 2.63. The van der Waals surface area contributed by atoms with Crippen molar-refractivity contribution in [3.8, 4) is 0 Å². The first-order valence-corrected chi connectivity index (χ1v) is 8.00. The number of amides is 2. The van der Waals surface area contributed by atoms with Crippen LogP contribution in [0.3, 0.4) is 0 Å². The first-order valence-electron chi connectivity index (χ1n) is 7.62. The average molecular weight is 403 g/mol. The fourth-order valence-electron chi connectivity index (χ4n) is 1.87. The van der Waals surface area contributed by atoms with Crippen molar-refractivity contribution in [3.63, 3.8) is 0 Å². The molecule has 146 valence electrons. The van der Waals surface area contributed by atoms with Gasteiger partial charge in [-0.1, -0.05) is 11.6 Å². The summed E-state index contributed by atoms with van der Waals surface area (Å²) in [6.07, 6.45) is -1.70. The van der Waals surface area contributed by atoms with Gasteiger partial charge in [-0.3, -0.25) is 14.4 Å². The van der Waals surface area contributed by atoms with E-state index < -0.39 is 49.8 Å². The molecule has 0 saturated heterocycles. The minimum Gasteiger partial charge on any atom is -0.481 e. The lowest BCUT2D eigenvalue weighted by Gasteiger charge is -2.16. The molecule has 0 radical (unpaired) electrons. The first kappa shape index (κ1) is 22.5. The molecule has 2 amide bonds. The van der Waals surface area contributed by atoms with E-state index in [9.17, 15) is 23.6 Å². The van der Waals surface area contributed by atoms with Crippen LogP contribution in [0.2, 0.25) is 5.02 Å². The number of hydrogen-bond donors (Lipinski definition) is 3. The fraction of sp³-hybridized carbons (Fsp3) is 0.333. The molecule has 27 heavy (non-hydrogen) atoms. The molecule has 9 nitrogen and oxygen atoms in total. The third-order valence-electron chi connectivity index (χ3n) is 3.17. The van der Waals surface area contributed by atoms with Crippen molar-refractivity contribution in [2.45, 2.75) is 12.5 Å². The number of nitrogens with one attached hydrogen (secondary N) is 2. The molecule has 1 atom stereocenters. The quantitative estimate of drug-likeness (QED) is 0.352. The molecule has 0 aliphatic carbocycles. The van der Waals surface area contributed by atoms with Crippen molar-refractivity contribution >= 4 is 42.8 Å². The molecule has 1 rings (SSSR count). The van der Waals surface area contributed by atoms with Crippen molar-refractivity contribution in [1.82, 2.24) is 10.6 Å². The zero-order valence-corrected chi connectivity index (χ0v) is 15.0. The van der Waals surface area contributed by atoms with Crippen LogP contribution >= 0.6 is 11.6 Å². The largest absolute Gasteiger partial charge is 0.481 e. The Morgan fingerprint density at radius 3 is 2.67 bits per heavy atom. The summed E-state index contributed by atoms with van der Waals surface area (Å²) >= 11 is 5.69. The minimum absolute atomic E-state index is 0.164. The van der Waals surface area contributed by atoms with E-state index in [1.807, 2.05) is 0 Å². The van der Waals surface area contributed by atoms with E-state index in [0.29, 0.717) is 6.29 Å². The van der Waals surface area contributed by atoms with Crippen molar-refractivity contribution in [1.29, 1.82) is 0 Å². The van der Waals surface area contributed by atoms with Crippen LogP contribution in [0.5, 0.6) is 0 Å². The van der Waals surface area contributed by atoms with Gasteiger partial charge in [-0.2, -0.15) is 0 Å². The standard InChI is InChI=1S/C15H17BClFN2O7/c1-26-16(27-10(7-21)5-14(23)24)8-20-13(22)6-19-15(25)11-4-9(17)2-3-12(11)18/h2-4,7,10H,5-6,8H2,1H3,(H,19,25)(H,20,22)(H,23,24). The third-order valence-corrected chi connectivity index (χ3v) is 3.40. The number of carbonyl (C=O) groups excluding carboxylic acids is 3. The van der Waals surface area contributed by atoms with Gasteiger partial charge in [-0.05, 0) is 18.2 Å². The summed E-state index contributed by atoms with van der Waals surface area (Å²) in [7, 11) is 0.160. The predicted molar refractivity (Wildman–Crippen MR) is 92.7 cm³/mol. The SMILES string of the molecule is COB(CNC(=O)CNC(=O)c1cc(Cl)ccc1F)OC(C=O)CC(=O)O. The summed E-state index contributed by atoms with van der Waals surface area (Å²) in [5, 5.41) is 13.4. The Bertz CT molecular complexity index is 707. The monoisotopic (exact) mass is 402 g/mol. The summed E-state index contributed by atoms with van der Waals surface area (Å²) in [5.41, 5.74) is -0.309. The Balaban J connectivity index is 2.46. The summed E-state index contributed by atoms with van der Waals surface area (Å²) in [6, 6.07) is 3.43. The van der Waals surface area contributed by atoms with Crippen LogP contribution in [0, 0.1) is 5.82 Å². The Morgan fingerprint density at radius 2 is 2.07 bits per heavy atom. The lowest BCUT2D eigenvalue weighted by molar-refractivity contribution is -0.140. The lowest BCUT2D eigenvalue weighted by Crippen LogP contribution is -2.44. The van der Waals surface area contributed by atoms with Crippen LogP contribution in [0.4, 0.5) is 4.39 Å². The van der Waals surface area contributed by atoms with Gasteiger partial charge in [-0.25, -0.2) is 4.39 Å². The van der Waals surface area contributed by atoms with Crippen LogP contribution in [-0.2, 0) is 23.7 Å².